The minimum atomic E-state index is 0.231. The van der Waals surface area contributed by atoms with Gasteiger partial charge in [-0.1, -0.05) is 29.3 Å². The van der Waals surface area contributed by atoms with E-state index in [-0.39, 0.29) is 6.04 Å². The second kappa shape index (κ2) is 6.07. The zero-order valence-electron chi connectivity index (χ0n) is 10.3. The average Bonchev–Trinajstić information content (AvgIpc) is 2.86. The smallest absolute Gasteiger partial charge is 0.0595 e. The van der Waals surface area contributed by atoms with Crippen LogP contribution in [0.25, 0.3) is 0 Å². The quantitative estimate of drug-likeness (QED) is 0.789. The molecule has 0 aliphatic carbocycles. The maximum Gasteiger partial charge on any atom is 0.0595 e. The van der Waals surface area contributed by atoms with Crippen molar-refractivity contribution in [2.24, 2.45) is 0 Å². The lowest BCUT2D eigenvalue weighted by Gasteiger charge is -2.20. The molecule has 96 valence electrons. The molecular formula is C14H15Cl2NS. The molecular weight excluding hydrogens is 285 g/mol. The topological polar surface area (TPSA) is 12.0 Å². The summed E-state index contributed by atoms with van der Waals surface area (Å²) >= 11 is 13.7. The van der Waals surface area contributed by atoms with Crippen molar-refractivity contribution in [3.8, 4) is 0 Å². The predicted molar refractivity (Wildman–Crippen MR) is 80.7 cm³/mol. The van der Waals surface area contributed by atoms with Crippen LogP contribution in [0.4, 0.5) is 0 Å². The molecule has 18 heavy (non-hydrogen) atoms. The fourth-order valence-corrected chi connectivity index (χ4v) is 2.93. The lowest BCUT2D eigenvalue weighted by atomic mass is 10.1. The minimum Gasteiger partial charge on any atom is -0.304 e. The van der Waals surface area contributed by atoms with Gasteiger partial charge >= 0.3 is 0 Å². The van der Waals surface area contributed by atoms with Gasteiger partial charge in [-0.25, -0.2) is 0 Å². The van der Waals surface area contributed by atoms with Crippen LogP contribution in [0.15, 0.2) is 35.0 Å². The normalized spacial score (nSPS) is 14.4. The van der Waals surface area contributed by atoms with Crippen molar-refractivity contribution in [2.45, 2.75) is 25.9 Å². The Morgan fingerprint density at radius 2 is 1.72 bits per heavy atom. The van der Waals surface area contributed by atoms with Gasteiger partial charge in [-0.15, -0.1) is 0 Å². The summed E-state index contributed by atoms with van der Waals surface area (Å²) in [5.74, 6) is 0. The van der Waals surface area contributed by atoms with E-state index in [1.807, 2.05) is 18.2 Å². The highest BCUT2D eigenvalue weighted by molar-refractivity contribution is 7.07. The molecule has 0 bridgehead atoms. The van der Waals surface area contributed by atoms with E-state index in [1.165, 1.54) is 5.56 Å². The van der Waals surface area contributed by atoms with Crippen LogP contribution in [0.2, 0.25) is 10.0 Å². The van der Waals surface area contributed by atoms with Crippen LogP contribution in [0.1, 0.15) is 37.1 Å². The van der Waals surface area contributed by atoms with Crippen molar-refractivity contribution in [1.82, 2.24) is 5.32 Å². The Hall–Kier alpha value is -0.540. The Kier molecular flexibility index (Phi) is 4.68. The molecule has 1 aromatic carbocycles. The van der Waals surface area contributed by atoms with E-state index in [2.05, 4.69) is 36.0 Å². The average molecular weight is 300 g/mol. The van der Waals surface area contributed by atoms with E-state index in [4.69, 9.17) is 23.2 Å². The number of hydrogen-bond donors (Lipinski definition) is 1. The first-order valence-corrected chi connectivity index (χ1v) is 7.51. The lowest BCUT2D eigenvalue weighted by Crippen LogP contribution is -2.22. The molecule has 2 unspecified atom stereocenters. The van der Waals surface area contributed by atoms with E-state index in [9.17, 15) is 0 Å². The molecule has 1 aromatic heterocycles. The standard InChI is InChI=1S/C14H15Cl2NS/c1-9(11-3-4-13(15)14(16)7-11)17-10(2)12-5-6-18-8-12/h3-10,17H,1-2H3. The number of halogens is 2. The summed E-state index contributed by atoms with van der Waals surface area (Å²) in [6, 6.07) is 8.46. The minimum absolute atomic E-state index is 0.231. The molecule has 0 aliphatic rings. The maximum absolute atomic E-state index is 6.04. The molecule has 0 saturated carbocycles. The van der Waals surface area contributed by atoms with Gasteiger partial charge in [0.15, 0.2) is 0 Å². The third kappa shape index (κ3) is 3.27. The van der Waals surface area contributed by atoms with E-state index in [0.29, 0.717) is 16.1 Å². The van der Waals surface area contributed by atoms with E-state index >= 15 is 0 Å². The second-order valence-corrected chi connectivity index (χ2v) is 5.93. The molecule has 0 fully saturated rings. The van der Waals surface area contributed by atoms with Gasteiger partial charge in [-0.05, 0) is 53.9 Å². The third-order valence-electron chi connectivity index (χ3n) is 2.99. The molecule has 0 saturated heterocycles. The summed E-state index contributed by atoms with van der Waals surface area (Å²) in [5, 5.41) is 9.01. The van der Waals surface area contributed by atoms with Gasteiger partial charge in [-0.3, -0.25) is 0 Å². The number of nitrogens with one attached hydrogen (secondary N) is 1. The van der Waals surface area contributed by atoms with Crippen LogP contribution in [0, 0.1) is 0 Å². The highest BCUT2D eigenvalue weighted by Gasteiger charge is 2.12. The molecule has 2 aromatic rings. The predicted octanol–water partition coefficient (Wildman–Crippen LogP) is 5.47. The van der Waals surface area contributed by atoms with E-state index in [0.717, 1.165) is 5.56 Å². The monoisotopic (exact) mass is 299 g/mol. The van der Waals surface area contributed by atoms with Crippen molar-refractivity contribution < 1.29 is 0 Å². The van der Waals surface area contributed by atoms with Gasteiger partial charge in [0.05, 0.1) is 10.0 Å². The van der Waals surface area contributed by atoms with Crippen molar-refractivity contribution >= 4 is 34.5 Å². The van der Waals surface area contributed by atoms with Crippen molar-refractivity contribution in [3.63, 3.8) is 0 Å². The summed E-state index contributed by atoms with van der Waals surface area (Å²) in [7, 11) is 0. The highest BCUT2D eigenvalue weighted by Crippen LogP contribution is 2.27. The Balaban J connectivity index is 2.07. The SMILES string of the molecule is CC(NC(C)c1ccc(Cl)c(Cl)c1)c1ccsc1. The lowest BCUT2D eigenvalue weighted by molar-refractivity contribution is 0.495. The molecule has 0 spiro atoms. The Morgan fingerprint density at radius 3 is 2.33 bits per heavy atom. The molecule has 1 N–H and O–H groups in total. The molecule has 1 nitrogen and oxygen atoms in total. The fourth-order valence-electron chi connectivity index (χ4n) is 1.87. The number of rotatable bonds is 4. The first-order chi connectivity index (χ1) is 8.58. The molecule has 0 aliphatic heterocycles. The fraction of sp³-hybridized carbons (Fsp3) is 0.286. The van der Waals surface area contributed by atoms with Crippen molar-refractivity contribution in [3.05, 3.63) is 56.2 Å². The molecule has 2 atom stereocenters. The van der Waals surface area contributed by atoms with Crippen LogP contribution in [-0.4, -0.2) is 0 Å². The third-order valence-corrected chi connectivity index (χ3v) is 4.43. The van der Waals surface area contributed by atoms with Gasteiger partial charge in [0.25, 0.3) is 0 Å². The Labute approximate surface area is 122 Å². The Morgan fingerprint density at radius 1 is 1.00 bits per heavy atom. The summed E-state index contributed by atoms with van der Waals surface area (Å²) in [6.45, 7) is 4.29. The van der Waals surface area contributed by atoms with Gasteiger partial charge < -0.3 is 5.32 Å². The van der Waals surface area contributed by atoms with Gasteiger partial charge in [0, 0.05) is 12.1 Å². The molecule has 0 radical (unpaired) electrons. The zero-order valence-corrected chi connectivity index (χ0v) is 12.6. The first kappa shape index (κ1) is 13.9. The van der Waals surface area contributed by atoms with Gasteiger partial charge in [0.2, 0.25) is 0 Å². The first-order valence-electron chi connectivity index (χ1n) is 5.81. The summed E-state index contributed by atoms with van der Waals surface area (Å²) in [4.78, 5) is 0. The molecule has 2 rings (SSSR count). The van der Waals surface area contributed by atoms with Crippen LogP contribution in [-0.2, 0) is 0 Å². The molecule has 0 amide bonds. The second-order valence-electron chi connectivity index (χ2n) is 4.34. The largest absolute Gasteiger partial charge is 0.304 e. The number of benzene rings is 1. The highest BCUT2D eigenvalue weighted by atomic mass is 35.5. The van der Waals surface area contributed by atoms with Crippen LogP contribution >= 0.6 is 34.5 Å². The van der Waals surface area contributed by atoms with Gasteiger partial charge in [0.1, 0.15) is 0 Å². The van der Waals surface area contributed by atoms with Gasteiger partial charge in [-0.2, -0.15) is 11.3 Å². The van der Waals surface area contributed by atoms with Crippen molar-refractivity contribution in [2.75, 3.05) is 0 Å². The summed E-state index contributed by atoms with van der Waals surface area (Å²) in [5.41, 5.74) is 2.46. The summed E-state index contributed by atoms with van der Waals surface area (Å²) in [6.07, 6.45) is 0. The molecule has 1 heterocycles. The van der Waals surface area contributed by atoms with E-state index in [1.54, 1.807) is 11.3 Å². The maximum atomic E-state index is 6.04. The number of hydrogen-bond acceptors (Lipinski definition) is 2. The van der Waals surface area contributed by atoms with Crippen LogP contribution in [0.3, 0.4) is 0 Å². The van der Waals surface area contributed by atoms with Crippen LogP contribution < -0.4 is 5.32 Å². The number of thiophene rings is 1. The van der Waals surface area contributed by atoms with Crippen molar-refractivity contribution in [1.29, 1.82) is 0 Å². The molecule has 4 heteroatoms. The Bertz CT molecular complexity index is 511. The van der Waals surface area contributed by atoms with E-state index < -0.39 is 0 Å². The van der Waals surface area contributed by atoms with Crippen LogP contribution in [0.5, 0.6) is 0 Å². The zero-order chi connectivity index (χ0) is 13.1. The summed E-state index contributed by atoms with van der Waals surface area (Å²) < 4.78 is 0.